The summed E-state index contributed by atoms with van der Waals surface area (Å²) in [5, 5.41) is 0. The third-order valence-electron chi connectivity index (χ3n) is 4.93. The number of benzene rings is 3. The smallest absolute Gasteiger partial charge is 0.249 e. The summed E-state index contributed by atoms with van der Waals surface area (Å²) in [6.45, 7) is 1.62. The second-order valence-corrected chi connectivity index (χ2v) is 9.22. The Morgan fingerprint density at radius 3 is 2.10 bits per heavy atom. The third-order valence-corrected chi connectivity index (χ3v) is 6.04. The van der Waals surface area contributed by atoms with E-state index in [2.05, 4.69) is 9.97 Å². The highest BCUT2D eigenvalue weighted by Gasteiger charge is 2.33. The lowest BCUT2D eigenvalue weighted by atomic mass is 10.0. The van der Waals surface area contributed by atoms with E-state index in [1.54, 1.807) is 31.2 Å². The Kier molecular flexibility index (Phi) is 5.05. The number of para-hydroxylation sites is 1. The zero-order valence-corrected chi connectivity index (χ0v) is 17.4. The molecule has 0 bridgehead atoms. The van der Waals surface area contributed by atoms with Crippen LogP contribution >= 0.6 is 0 Å². The number of hydrogen-bond acceptors (Lipinski definition) is 4. The lowest BCUT2D eigenvalue weighted by molar-refractivity contribution is -0.136. The van der Waals surface area contributed by atoms with Crippen molar-refractivity contribution in [3.8, 4) is 22.4 Å². The minimum absolute atomic E-state index is 0.167. The van der Waals surface area contributed by atoms with Gasteiger partial charge in [0.2, 0.25) is 0 Å². The van der Waals surface area contributed by atoms with Crippen molar-refractivity contribution in [1.82, 2.24) is 9.97 Å². The van der Waals surface area contributed by atoms with Crippen LogP contribution in [0.2, 0.25) is 0 Å². The molecule has 0 aliphatic heterocycles. The van der Waals surface area contributed by atoms with Crippen LogP contribution in [-0.4, -0.2) is 24.6 Å². The molecule has 158 valence electrons. The molecule has 31 heavy (non-hydrogen) atoms. The van der Waals surface area contributed by atoms with Gasteiger partial charge in [0.05, 0.1) is 27.4 Å². The maximum atomic E-state index is 13.3. The molecule has 0 aliphatic carbocycles. The second-order valence-electron chi connectivity index (χ2n) is 7.21. The summed E-state index contributed by atoms with van der Waals surface area (Å²) in [5.74, 6) is 0. The highest BCUT2D eigenvalue weighted by atomic mass is 32.2. The number of hydrogen-bond donors (Lipinski definition) is 0. The quantitative estimate of drug-likeness (QED) is 0.409. The van der Waals surface area contributed by atoms with Gasteiger partial charge in [-0.2, -0.15) is 13.2 Å². The molecule has 0 N–H and O–H groups in total. The Morgan fingerprint density at radius 1 is 0.806 bits per heavy atom. The average Bonchev–Trinajstić information content (AvgIpc) is 2.72. The second kappa shape index (κ2) is 7.46. The van der Waals surface area contributed by atoms with E-state index in [1.165, 1.54) is 18.2 Å². The first-order chi connectivity index (χ1) is 14.5. The normalized spacial score (nSPS) is 12.3. The van der Waals surface area contributed by atoms with Gasteiger partial charge in [0.15, 0.2) is 9.84 Å². The minimum atomic E-state index is -4.51. The van der Waals surface area contributed by atoms with Crippen LogP contribution in [0.4, 0.5) is 13.2 Å². The summed E-state index contributed by atoms with van der Waals surface area (Å²) in [6.07, 6.45) is -3.36. The number of sulfone groups is 1. The third kappa shape index (κ3) is 4.16. The number of aryl methyl sites for hydroxylation is 1. The maximum Gasteiger partial charge on any atom is 0.418 e. The largest absolute Gasteiger partial charge is 0.418 e. The molecular weight excluding hydrogens is 425 g/mol. The molecule has 1 heterocycles. The molecule has 4 aromatic rings. The van der Waals surface area contributed by atoms with Gasteiger partial charge < -0.3 is 0 Å². The van der Waals surface area contributed by atoms with Crippen molar-refractivity contribution in [2.45, 2.75) is 18.0 Å². The fourth-order valence-corrected chi connectivity index (χ4v) is 4.06. The predicted molar refractivity (Wildman–Crippen MR) is 113 cm³/mol. The zero-order chi connectivity index (χ0) is 22.4. The van der Waals surface area contributed by atoms with Gasteiger partial charge in [-0.3, -0.25) is 0 Å². The predicted octanol–water partition coefficient (Wildman–Crippen LogP) is 5.69. The standard InChI is InChI=1S/C23H17F3N2O2S/c1-14-21(28-20-8-4-7-19(22(20)27-14)23(24,25)26)16-11-9-15(10-12-16)17-5-3-6-18(13-17)31(2,29)30/h3-13H,1-2H3. The molecule has 0 aliphatic rings. The SMILES string of the molecule is Cc1nc2c(C(F)(F)F)cccc2nc1-c1ccc(-c2cccc(S(C)(=O)=O)c2)cc1. The molecule has 0 saturated heterocycles. The van der Waals surface area contributed by atoms with Gasteiger partial charge in [-0.05, 0) is 42.3 Å². The Hall–Kier alpha value is -3.26. The van der Waals surface area contributed by atoms with Gasteiger partial charge in [-0.15, -0.1) is 0 Å². The maximum absolute atomic E-state index is 13.3. The summed E-state index contributed by atoms with van der Waals surface area (Å²) >= 11 is 0. The van der Waals surface area contributed by atoms with Crippen molar-refractivity contribution in [3.05, 3.63) is 78.0 Å². The number of halogens is 3. The Balaban J connectivity index is 1.76. The van der Waals surface area contributed by atoms with Gasteiger partial charge in [0.1, 0.15) is 5.52 Å². The number of nitrogens with zero attached hydrogens (tertiary/aromatic N) is 2. The fourth-order valence-electron chi connectivity index (χ4n) is 3.39. The van der Waals surface area contributed by atoms with Crippen LogP contribution in [-0.2, 0) is 16.0 Å². The molecule has 3 aromatic carbocycles. The molecule has 8 heteroatoms. The molecule has 0 spiro atoms. The molecule has 0 atom stereocenters. The molecule has 0 radical (unpaired) electrons. The van der Waals surface area contributed by atoms with Crippen molar-refractivity contribution >= 4 is 20.9 Å². The van der Waals surface area contributed by atoms with E-state index in [1.807, 2.05) is 18.2 Å². The van der Waals surface area contributed by atoms with E-state index in [0.717, 1.165) is 23.4 Å². The summed E-state index contributed by atoms with van der Waals surface area (Å²) < 4.78 is 63.4. The van der Waals surface area contributed by atoms with E-state index in [9.17, 15) is 21.6 Å². The fraction of sp³-hybridized carbons (Fsp3) is 0.130. The Morgan fingerprint density at radius 2 is 1.45 bits per heavy atom. The van der Waals surface area contributed by atoms with E-state index in [4.69, 9.17) is 0 Å². The van der Waals surface area contributed by atoms with E-state index >= 15 is 0 Å². The first kappa shape index (κ1) is 21.0. The highest BCUT2D eigenvalue weighted by molar-refractivity contribution is 7.90. The van der Waals surface area contributed by atoms with Gasteiger partial charge in [0.25, 0.3) is 0 Å². The number of alkyl halides is 3. The van der Waals surface area contributed by atoms with E-state index in [-0.39, 0.29) is 15.9 Å². The number of rotatable bonds is 3. The molecule has 0 fully saturated rings. The van der Waals surface area contributed by atoms with Crippen LogP contribution in [0.25, 0.3) is 33.4 Å². The minimum Gasteiger partial charge on any atom is -0.249 e. The Labute approximate surface area is 177 Å². The van der Waals surface area contributed by atoms with Crippen molar-refractivity contribution in [1.29, 1.82) is 0 Å². The summed E-state index contributed by atoms with van der Waals surface area (Å²) in [7, 11) is -3.32. The van der Waals surface area contributed by atoms with E-state index in [0.29, 0.717) is 17.0 Å². The van der Waals surface area contributed by atoms with E-state index < -0.39 is 21.6 Å². The zero-order valence-electron chi connectivity index (χ0n) is 16.6. The monoisotopic (exact) mass is 442 g/mol. The number of fused-ring (bicyclic) bond motifs is 1. The van der Waals surface area contributed by atoms with Crippen LogP contribution in [0.15, 0.2) is 71.6 Å². The molecule has 4 nitrogen and oxygen atoms in total. The molecular formula is C23H17F3N2O2S. The van der Waals surface area contributed by atoms with Crippen molar-refractivity contribution in [2.24, 2.45) is 0 Å². The first-order valence-electron chi connectivity index (χ1n) is 9.29. The summed E-state index contributed by atoms with van der Waals surface area (Å²) in [6, 6.07) is 17.7. The van der Waals surface area contributed by atoms with Crippen LogP contribution in [0.1, 0.15) is 11.3 Å². The van der Waals surface area contributed by atoms with Gasteiger partial charge >= 0.3 is 6.18 Å². The van der Waals surface area contributed by atoms with Crippen molar-refractivity contribution in [3.63, 3.8) is 0 Å². The molecule has 0 amide bonds. The lowest BCUT2D eigenvalue weighted by Gasteiger charge is -2.12. The average molecular weight is 442 g/mol. The van der Waals surface area contributed by atoms with Crippen LogP contribution in [0.5, 0.6) is 0 Å². The molecule has 4 rings (SSSR count). The first-order valence-corrected chi connectivity index (χ1v) is 11.2. The van der Waals surface area contributed by atoms with Gasteiger partial charge in [-0.1, -0.05) is 42.5 Å². The molecule has 0 unspecified atom stereocenters. The van der Waals surface area contributed by atoms with Gasteiger partial charge in [0, 0.05) is 11.8 Å². The lowest BCUT2D eigenvalue weighted by Crippen LogP contribution is -2.08. The van der Waals surface area contributed by atoms with Crippen LogP contribution < -0.4 is 0 Å². The summed E-state index contributed by atoms with van der Waals surface area (Å²) in [4.78, 5) is 8.84. The molecule has 0 saturated carbocycles. The molecule has 1 aromatic heterocycles. The van der Waals surface area contributed by atoms with Gasteiger partial charge in [-0.25, -0.2) is 18.4 Å². The van der Waals surface area contributed by atoms with Crippen LogP contribution in [0.3, 0.4) is 0 Å². The Bertz CT molecular complexity index is 1400. The summed E-state index contributed by atoms with van der Waals surface area (Å²) in [5.41, 5.74) is 2.30. The number of aromatic nitrogens is 2. The topological polar surface area (TPSA) is 59.9 Å². The van der Waals surface area contributed by atoms with Crippen molar-refractivity contribution in [2.75, 3.05) is 6.26 Å². The van der Waals surface area contributed by atoms with Crippen LogP contribution in [0, 0.1) is 6.92 Å². The van der Waals surface area contributed by atoms with Crippen molar-refractivity contribution < 1.29 is 21.6 Å². The highest BCUT2D eigenvalue weighted by Crippen LogP contribution is 2.35.